The van der Waals surface area contributed by atoms with Gasteiger partial charge in [0.15, 0.2) is 0 Å². The second-order valence-electron chi connectivity index (χ2n) is 5.59. The van der Waals surface area contributed by atoms with Crippen molar-refractivity contribution in [1.82, 2.24) is 5.32 Å². The lowest BCUT2D eigenvalue weighted by Crippen LogP contribution is -2.22. The van der Waals surface area contributed by atoms with E-state index in [-0.39, 0.29) is 5.82 Å². The van der Waals surface area contributed by atoms with Crippen molar-refractivity contribution in [3.05, 3.63) is 70.0 Å². The molecule has 0 aliphatic rings. The summed E-state index contributed by atoms with van der Waals surface area (Å²) in [7, 11) is 0. The normalized spacial score (nSPS) is 12.4. The Kier molecular flexibility index (Phi) is 5.10. The van der Waals surface area contributed by atoms with Crippen molar-refractivity contribution in [2.24, 2.45) is 0 Å². The molecule has 1 atom stereocenters. The number of halogens is 1. The van der Waals surface area contributed by atoms with Crippen molar-refractivity contribution in [2.75, 3.05) is 6.54 Å². The number of hydrogen-bond acceptors (Lipinski definition) is 2. The average molecular weight is 287 g/mol. The molecule has 3 heteroatoms. The summed E-state index contributed by atoms with van der Waals surface area (Å²) in [6, 6.07) is 10.6. The fourth-order valence-corrected chi connectivity index (χ4v) is 2.77. The third-order valence-corrected chi connectivity index (χ3v) is 3.65. The lowest BCUT2D eigenvalue weighted by Gasteiger charge is -2.18. The molecule has 21 heavy (non-hydrogen) atoms. The van der Waals surface area contributed by atoms with E-state index in [2.05, 4.69) is 24.4 Å². The minimum absolute atomic E-state index is 0.232. The van der Waals surface area contributed by atoms with E-state index in [1.165, 1.54) is 17.7 Å². The predicted octanol–water partition coefficient (Wildman–Crippen LogP) is 3.57. The van der Waals surface area contributed by atoms with Crippen molar-refractivity contribution in [2.45, 2.75) is 33.4 Å². The van der Waals surface area contributed by atoms with Gasteiger partial charge in [-0.15, -0.1) is 0 Å². The minimum Gasteiger partial charge on any atom is -0.387 e. The first-order valence-electron chi connectivity index (χ1n) is 7.18. The second kappa shape index (κ2) is 6.83. The number of rotatable bonds is 5. The maximum Gasteiger partial charge on any atom is 0.123 e. The summed E-state index contributed by atoms with van der Waals surface area (Å²) in [5.41, 5.74) is 5.43. The van der Waals surface area contributed by atoms with Gasteiger partial charge < -0.3 is 10.4 Å². The number of aliphatic hydroxyl groups is 1. The number of aliphatic hydroxyl groups excluding tert-OH is 1. The molecule has 0 saturated heterocycles. The molecule has 2 aromatic rings. The Morgan fingerprint density at radius 3 is 2.19 bits per heavy atom. The molecule has 0 saturated carbocycles. The summed E-state index contributed by atoms with van der Waals surface area (Å²) in [6.45, 7) is 7.20. The highest BCUT2D eigenvalue weighted by Gasteiger charge is 2.13. The first-order chi connectivity index (χ1) is 9.97. The van der Waals surface area contributed by atoms with E-state index < -0.39 is 6.10 Å². The van der Waals surface area contributed by atoms with Crippen LogP contribution in [0.4, 0.5) is 4.39 Å². The van der Waals surface area contributed by atoms with Crippen molar-refractivity contribution >= 4 is 0 Å². The largest absolute Gasteiger partial charge is 0.387 e. The number of aryl methyl sites for hydroxylation is 3. The number of nitrogens with one attached hydrogen (secondary N) is 1. The van der Waals surface area contributed by atoms with Crippen LogP contribution in [-0.4, -0.2) is 11.7 Å². The Balaban J connectivity index is 1.96. The van der Waals surface area contributed by atoms with Crippen molar-refractivity contribution in [3.8, 4) is 0 Å². The molecule has 2 aromatic carbocycles. The maximum atomic E-state index is 12.8. The van der Waals surface area contributed by atoms with Gasteiger partial charge in [0.2, 0.25) is 0 Å². The topological polar surface area (TPSA) is 32.3 Å². The maximum absolute atomic E-state index is 12.8. The summed E-state index contributed by atoms with van der Waals surface area (Å²) in [5.74, 6) is -0.232. The van der Waals surface area contributed by atoms with Gasteiger partial charge in [0.25, 0.3) is 0 Å². The standard InChI is InChI=1S/C18H22FNO/c1-12-8-13(2)18(14(3)9-12)17(21)11-20-10-15-4-6-16(19)7-5-15/h4-9,17,20-21H,10-11H2,1-3H3. The molecule has 0 radical (unpaired) electrons. The van der Waals surface area contributed by atoms with E-state index in [1.807, 2.05) is 13.8 Å². The average Bonchev–Trinajstić information content (AvgIpc) is 2.40. The van der Waals surface area contributed by atoms with Gasteiger partial charge in [-0.1, -0.05) is 29.8 Å². The summed E-state index contributed by atoms with van der Waals surface area (Å²) in [4.78, 5) is 0. The van der Waals surface area contributed by atoms with Gasteiger partial charge in [-0.25, -0.2) is 4.39 Å². The predicted molar refractivity (Wildman–Crippen MR) is 83.7 cm³/mol. The van der Waals surface area contributed by atoms with Gasteiger partial charge in [0, 0.05) is 13.1 Å². The minimum atomic E-state index is -0.536. The third kappa shape index (κ3) is 4.13. The molecule has 0 aliphatic heterocycles. The van der Waals surface area contributed by atoms with Gasteiger partial charge in [-0.2, -0.15) is 0 Å². The summed E-state index contributed by atoms with van der Waals surface area (Å²) < 4.78 is 12.8. The summed E-state index contributed by atoms with van der Waals surface area (Å²) >= 11 is 0. The molecular formula is C18H22FNO. The van der Waals surface area contributed by atoms with Gasteiger partial charge in [0.1, 0.15) is 5.82 Å². The molecular weight excluding hydrogens is 265 g/mol. The molecule has 0 aliphatic carbocycles. The van der Waals surface area contributed by atoms with Crippen LogP contribution in [-0.2, 0) is 6.54 Å². The Bertz CT molecular complexity index is 584. The van der Waals surface area contributed by atoms with Gasteiger partial charge >= 0.3 is 0 Å². The van der Waals surface area contributed by atoms with E-state index in [0.29, 0.717) is 13.1 Å². The van der Waals surface area contributed by atoms with Gasteiger partial charge in [-0.05, 0) is 55.2 Å². The molecule has 2 rings (SSSR count). The third-order valence-electron chi connectivity index (χ3n) is 3.65. The first kappa shape index (κ1) is 15.7. The summed E-state index contributed by atoms with van der Waals surface area (Å²) in [6.07, 6.45) is -0.536. The zero-order valence-electron chi connectivity index (χ0n) is 12.8. The van der Waals surface area contributed by atoms with Crippen molar-refractivity contribution in [1.29, 1.82) is 0 Å². The smallest absolute Gasteiger partial charge is 0.123 e. The fourth-order valence-electron chi connectivity index (χ4n) is 2.77. The van der Waals surface area contributed by atoms with Crippen LogP contribution in [0, 0.1) is 26.6 Å². The number of hydrogen-bond donors (Lipinski definition) is 2. The fraction of sp³-hybridized carbons (Fsp3) is 0.333. The van der Waals surface area contributed by atoms with E-state index >= 15 is 0 Å². The summed E-state index contributed by atoms with van der Waals surface area (Å²) in [5, 5.41) is 13.6. The first-order valence-corrected chi connectivity index (χ1v) is 7.18. The van der Waals surface area contributed by atoms with E-state index in [0.717, 1.165) is 22.3 Å². The molecule has 0 spiro atoms. The molecule has 0 fully saturated rings. The Morgan fingerprint density at radius 1 is 1.05 bits per heavy atom. The zero-order chi connectivity index (χ0) is 15.4. The van der Waals surface area contributed by atoms with Crippen LogP contribution in [0.5, 0.6) is 0 Å². The van der Waals surface area contributed by atoms with Crippen molar-refractivity contribution in [3.63, 3.8) is 0 Å². The van der Waals surface area contributed by atoms with Crippen LogP contribution in [0.3, 0.4) is 0 Å². The molecule has 0 aromatic heterocycles. The molecule has 2 N–H and O–H groups in total. The molecule has 0 heterocycles. The van der Waals surface area contributed by atoms with E-state index in [1.54, 1.807) is 12.1 Å². The lowest BCUT2D eigenvalue weighted by molar-refractivity contribution is 0.173. The highest BCUT2D eigenvalue weighted by Crippen LogP contribution is 2.23. The van der Waals surface area contributed by atoms with Crippen LogP contribution in [0.15, 0.2) is 36.4 Å². The Morgan fingerprint density at radius 2 is 1.62 bits per heavy atom. The van der Waals surface area contributed by atoms with E-state index in [9.17, 15) is 9.50 Å². The molecule has 112 valence electrons. The van der Waals surface area contributed by atoms with Crippen molar-refractivity contribution < 1.29 is 9.50 Å². The van der Waals surface area contributed by atoms with Crippen LogP contribution < -0.4 is 5.32 Å². The Labute approximate surface area is 125 Å². The zero-order valence-corrected chi connectivity index (χ0v) is 12.8. The van der Waals surface area contributed by atoms with Gasteiger partial charge in [-0.3, -0.25) is 0 Å². The molecule has 0 bridgehead atoms. The lowest BCUT2D eigenvalue weighted by atomic mass is 9.95. The van der Waals surface area contributed by atoms with Crippen LogP contribution in [0.1, 0.15) is 33.9 Å². The quantitative estimate of drug-likeness (QED) is 0.881. The monoisotopic (exact) mass is 287 g/mol. The SMILES string of the molecule is Cc1cc(C)c(C(O)CNCc2ccc(F)cc2)c(C)c1. The molecule has 1 unspecified atom stereocenters. The molecule has 2 nitrogen and oxygen atoms in total. The van der Waals surface area contributed by atoms with Gasteiger partial charge in [0.05, 0.1) is 6.10 Å². The van der Waals surface area contributed by atoms with Crippen LogP contribution >= 0.6 is 0 Å². The second-order valence-corrected chi connectivity index (χ2v) is 5.59. The molecule has 0 amide bonds. The van der Waals surface area contributed by atoms with Crippen LogP contribution in [0.25, 0.3) is 0 Å². The highest BCUT2D eigenvalue weighted by atomic mass is 19.1. The number of benzene rings is 2. The van der Waals surface area contributed by atoms with Crippen LogP contribution in [0.2, 0.25) is 0 Å². The highest BCUT2D eigenvalue weighted by molar-refractivity contribution is 5.39. The van der Waals surface area contributed by atoms with E-state index in [4.69, 9.17) is 0 Å². The Hall–Kier alpha value is -1.71.